The van der Waals surface area contributed by atoms with E-state index >= 15 is 0 Å². The molecule has 0 spiro atoms. The normalized spacial score (nSPS) is 12.7. The highest BCUT2D eigenvalue weighted by Gasteiger charge is 2.15. The molecule has 0 aliphatic heterocycles. The number of hydrogen-bond donors (Lipinski definition) is 1. The molecular formula is C11H11F2N3O. The summed E-state index contributed by atoms with van der Waals surface area (Å²) in [5, 5.41) is 3.67. The third kappa shape index (κ3) is 2.31. The van der Waals surface area contributed by atoms with Crippen LogP contribution in [0.3, 0.4) is 0 Å². The lowest BCUT2D eigenvalue weighted by molar-refractivity contribution is 0.352. The Bertz CT molecular complexity index is 527. The lowest BCUT2D eigenvalue weighted by atomic mass is 10.2. The summed E-state index contributed by atoms with van der Waals surface area (Å²) < 4.78 is 30.7. The van der Waals surface area contributed by atoms with Crippen molar-refractivity contribution in [1.82, 2.24) is 10.1 Å². The van der Waals surface area contributed by atoms with E-state index in [1.165, 1.54) is 6.07 Å². The molecule has 2 aromatic rings. The third-order valence-corrected chi connectivity index (χ3v) is 2.38. The molecule has 2 rings (SSSR count). The first-order valence-electron chi connectivity index (χ1n) is 5.16. The Morgan fingerprint density at radius 3 is 2.76 bits per heavy atom. The molecule has 0 unspecified atom stereocenters. The van der Waals surface area contributed by atoms with E-state index in [1.54, 1.807) is 0 Å². The Kier molecular flexibility index (Phi) is 3.14. The molecule has 0 bridgehead atoms. The summed E-state index contributed by atoms with van der Waals surface area (Å²) in [6, 6.07) is 3.06. The van der Waals surface area contributed by atoms with E-state index in [4.69, 9.17) is 10.3 Å². The van der Waals surface area contributed by atoms with E-state index in [9.17, 15) is 8.78 Å². The minimum Gasteiger partial charge on any atom is -0.337 e. The first-order chi connectivity index (χ1) is 8.11. The van der Waals surface area contributed by atoms with Gasteiger partial charge in [-0.05, 0) is 24.6 Å². The largest absolute Gasteiger partial charge is 0.337 e. The van der Waals surface area contributed by atoms with Gasteiger partial charge in [-0.1, -0.05) is 12.1 Å². The van der Waals surface area contributed by atoms with Crippen LogP contribution in [0.4, 0.5) is 8.78 Å². The Balaban J connectivity index is 2.33. The van der Waals surface area contributed by atoms with Crippen molar-refractivity contribution in [3.63, 3.8) is 0 Å². The second kappa shape index (κ2) is 4.58. The predicted molar refractivity (Wildman–Crippen MR) is 56.9 cm³/mol. The number of benzene rings is 1. The number of nitrogens with zero attached hydrogens (tertiary/aromatic N) is 2. The maximum Gasteiger partial charge on any atom is 0.243 e. The molecule has 1 atom stereocenters. The topological polar surface area (TPSA) is 64.9 Å². The van der Waals surface area contributed by atoms with Crippen molar-refractivity contribution in [2.45, 2.75) is 19.4 Å². The van der Waals surface area contributed by atoms with E-state index in [0.29, 0.717) is 12.0 Å². The summed E-state index contributed by atoms with van der Waals surface area (Å²) in [5.74, 6) is -1.38. The Labute approximate surface area is 96.4 Å². The summed E-state index contributed by atoms with van der Waals surface area (Å²) in [6.07, 6.45) is 0.652. The second-order valence-electron chi connectivity index (χ2n) is 3.60. The van der Waals surface area contributed by atoms with Gasteiger partial charge in [-0.2, -0.15) is 4.98 Å². The SMILES string of the molecule is CC[C@@H](N)c1nc(-c2ccc(F)c(F)c2)no1. The van der Waals surface area contributed by atoms with E-state index in [-0.39, 0.29) is 17.8 Å². The maximum atomic E-state index is 13.0. The molecule has 0 saturated heterocycles. The van der Waals surface area contributed by atoms with Gasteiger partial charge in [0, 0.05) is 5.56 Å². The fourth-order valence-corrected chi connectivity index (χ4v) is 1.31. The molecule has 0 radical (unpaired) electrons. The van der Waals surface area contributed by atoms with Crippen molar-refractivity contribution >= 4 is 0 Å². The molecule has 1 aromatic heterocycles. The average Bonchev–Trinajstić information content (AvgIpc) is 2.81. The molecule has 1 aromatic carbocycles. The zero-order valence-electron chi connectivity index (χ0n) is 9.15. The monoisotopic (exact) mass is 239 g/mol. The van der Waals surface area contributed by atoms with Crippen LogP contribution < -0.4 is 5.73 Å². The molecule has 0 aliphatic rings. The van der Waals surface area contributed by atoms with Gasteiger partial charge in [0.05, 0.1) is 6.04 Å². The Morgan fingerprint density at radius 2 is 2.12 bits per heavy atom. The van der Waals surface area contributed by atoms with Gasteiger partial charge in [0.2, 0.25) is 11.7 Å². The van der Waals surface area contributed by atoms with Crippen molar-refractivity contribution in [2.75, 3.05) is 0 Å². The summed E-state index contributed by atoms with van der Waals surface area (Å²) in [6.45, 7) is 1.88. The highest BCUT2D eigenvalue weighted by atomic mass is 19.2. The molecule has 17 heavy (non-hydrogen) atoms. The van der Waals surface area contributed by atoms with Crippen LogP contribution in [0.1, 0.15) is 25.3 Å². The fourth-order valence-electron chi connectivity index (χ4n) is 1.31. The highest BCUT2D eigenvalue weighted by molar-refractivity contribution is 5.54. The second-order valence-corrected chi connectivity index (χ2v) is 3.60. The highest BCUT2D eigenvalue weighted by Crippen LogP contribution is 2.20. The lowest BCUT2D eigenvalue weighted by Crippen LogP contribution is -2.08. The van der Waals surface area contributed by atoms with Gasteiger partial charge in [-0.25, -0.2) is 8.78 Å². The Morgan fingerprint density at radius 1 is 1.35 bits per heavy atom. The van der Waals surface area contributed by atoms with Gasteiger partial charge in [0.1, 0.15) is 0 Å². The van der Waals surface area contributed by atoms with Gasteiger partial charge in [-0.15, -0.1) is 0 Å². The number of aromatic nitrogens is 2. The minimum absolute atomic E-state index is 0.197. The van der Waals surface area contributed by atoms with E-state index in [2.05, 4.69) is 10.1 Å². The average molecular weight is 239 g/mol. The van der Waals surface area contributed by atoms with E-state index in [1.807, 2.05) is 6.92 Å². The molecule has 6 heteroatoms. The fraction of sp³-hybridized carbons (Fsp3) is 0.273. The smallest absolute Gasteiger partial charge is 0.243 e. The quantitative estimate of drug-likeness (QED) is 0.893. The number of hydrogen-bond acceptors (Lipinski definition) is 4. The van der Waals surface area contributed by atoms with E-state index < -0.39 is 11.6 Å². The Hall–Kier alpha value is -1.82. The maximum absolute atomic E-state index is 13.0. The van der Waals surface area contributed by atoms with E-state index in [0.717, 1.165) is 12.1 Å². The molecule has 4 nitrogen and oxygen atoms in total. The zero-order chi connectivity index (χ0) is 12.4. The van der Waals surface area contributed by atoms with Gasteiger partial charge in [0.25, 0.3) is 0 Å². The van der Waals surface area contributed by atoms with Crippen LogP contribution >= 0.6 is 0 Å². The molecular weight excluding hydrogens is 228 g/mol. The molecule has 1 heterocycles. The van der Waals surface area contributed by atoms with Gasteiger partial charge in [0.15, 0.2) is 11.6 Å². The van der Waals surface area contributed by atoms with Crippen LogP contribution in [-0.4, -0.2) is 10.1 Å². The molecule has 0 fully saturated rings. The first kappa shape index (κ1) is 11.7. The van der Waals surface area contributed by atoms with Crippen LogP contribution in [0.5, 0.6) is 0 Å². The van der Waals surface area contributed by atoms with Crippen LogP contribution in [0, 0.1) is 11.6 Å². The molecule has 0 saturated carbocycles. The van der Waals surface area contributed by atoms with Crippen LogP contribution in [0.15, 0.2) is 22.7 Å². The van der Waals surface area contributed by atoms with Gasteiger partial charge >= 0.3 is 0 Å². The summed E-state index contributed by atoms with van der Waals surface area (Å²) in [7, 11) is 0. The summed E-state index contributed by atoms with van der Waals surface area (Å²) in [4.78, 5) is 4.03. The number of halogens is 2. The number of nitrogens with two attached hydrogens (primary N) is 1. The van der Waals surface area contributed by atoms with Crippen LogP contribution in [0.2, 0.25) is 0 Å². The van der Waals surface area contributed by atoms with Gasteiger partial charge < -0.3 is 10.3 Å². The van der Waals surface area contributed by atoms with Crippen molar-refractivity contribution < 1.29 is 13.3 Å². The first-order valence-corrected chi connectivity index (χ1v) is 5.16. The lowest BCUT2D eigenvalue weighted by Gasteiger charge is -1.99. The van der Waals surface area contributed by atoms with Crippen molar-refractivity contribution in [3.05, 3.63) is 35.7 Å². The molecule has 0 amide bonds. The van der Waals surface area contributed by atoms with Crippen molar-refractivity contribution in [1.29, 1.82) is 0 Å². The number of rotatable bonds is 3. The molecule has 90 valence electrons. The standard InChI is InChI=1S/C11H11F2N3O/c1-2-9(14)11-15-10(16-17-11)6-3-4-7(12)8(13)5-6/h3-5,9H,2,14H2,1H3/t9-/m1/s1. The zero-order valence-corrected chi connectivity index (χ0v) is 9.15. The van der Waals surface area contributed by atoms with Crippen molar-refractivity contribution in [3.8, 4) is 11.4 Å². The third-order valence-electron chi connectivity index (χ3n) is 2.38. The minimum atomic E-state index is -0.950. The van der Waals surface area contributed by atoms with Crippen LogP contribution in [-0.2, 0) is 0 Å². The molecule has 2 N–H and O–H groups in total. The summed E-state index contributed by atoms with van der Waals surface area (Å²) >= 11 is 0. The predicted octanol–water partition coefficient (Wildman–Crippen LogP) is 2.42. The van der Waals surface area contributed by atoms with Crippen LogP contribution in [0.25, 0.3) is 11.4 Å². The van der Waals surface area contributed by atoms with Crippen molar-refractivity contribution in [2.24, 2.45) is 5.73 Å². The molecule has 0 aliphatic carbocycles. The summed E-state index contributed by atoms with van der Waals surface area (Å²) in [5.41, 5.74) is 6.06. The van der Waals surface area contributed by atoms with Gasteiger partial charge in [-0.3, -0.25) is 0 Å².